The number of hydrogen-bond acceptors (Lipinski definition) is 4. The first-order valence-electron chi connectivity index (χ1n) is 8.70. The molecule has 3 rings (SSSR count). The van der Waals surface area contributed by atoms with Gasteiger partial charge in [0, 0.05) is 25.9 Å². The van der Waals surface area contributed by atoms with Gasteiger partial charge in [-0.3, -0.25) is 4.79 Å². The van der Waals surface area contributed by atoms with Crippen molar-refractivity contribution in [2.24, 2.45) is 5.92 Å². The second-order valence-electron chi connectivity index (χ2n) is 6.62. The van der Waals surface area contributed by atoms with Crippen molar-refractivity contribution < 1.29 is 14.6 Å². The lowest BCUT2D eigenvalue weighted by Crippen LogP contribution is -2.40. The number of nitrogens with zero attached hydrogens (tertiary/aromatic N) is 3. The molecule has 25 heavy (non-hydrogen) atoms. The van der Waals surface area contributed by atoms with Gasteiger partial charge in [0.05, 0.1) is 12.8 Å². The number of hydrogen-bond donors (Lipinski definition) is 1. The summed E-state index contributed by atoms with van der Waals surface area (Å²) in [5, 5.41) is 13.7. The maximum absolute atomic E-state index is 12.7. The van der Waals surface area contributed by atoms with Crippen molar-refractivity contribution in [1.82, 2.24) is 14.7 Å². The number of rotatable bonds is 5. The van der Waals surface area contributed by atoms with Crippen molar-refractivity contribution in [1.29, 1.82) is 0 Å². The van der Waals surface area contributed by atoms with Gasteiger partial charge in [-0.15, -0.1) is 0 Å². The first-order valence-corrected chi connectivity index (χ1v) is 8.70. The Morgan fingerprint density at radius 1 is 1.24 bits per heavy atom. The standard InChI is InChI=1S/C19H25N3O3/c1-21(15-5-3-14(13-23)4-6-15)19(24)18-11-12-22(20-18)16-7-9-17(25-2)10-8-16/h7-12,14-15,23H,3-6,13H2,1-2H3. The van der Waals surface area contributed by atoms with Crippen LogP contribution in [-0.4, -0.2) is 52.5 Å². The molecule has 1 aliphatic rings. The molecular weight excluding hydrogens is 318 g/mol. The molecule has 134 valence electrons. The molecule has 1 aliphatic carbocycles. The van der Waals surface area contributed by atoms with E-state index in [1.165, 1.54) is 0 Å². The Hall–Kier alpha value is -2.34. The Morgan fingerprint density at radius 2 is 1.92 bits per heavy atom. The molecule has 1 N–H and O–H groups in total. The molecule has 0 bridgehead atoms. The maximum Gasteiger partial charge on any atom is 0.274 e. The van der Waals surface area contributed by atoms with Crippen molar-refractivity contribution in [3.63, 3.8) is 0 Å². The van der Waals surface area contributed by atoms with Gasteiger partial charge in [-0.25, -0.2) is 4.68 Å². The van der Waals surface area contributed by atoms with Crippen LogP contribution in [0.5, 0.6) is 5.75 Å². The number of aliphatic hydroxyl groups excluding tert-OH is 1. The van der Waals surface area contributed by atoms with Crippen molar-refractivity contribution in [3.05, 3.63) is 42.2 Å². The average molecular weight is 343 g/mol. The first kappa shape index (κ1) is 17.5. The fraction of sp³-hybridized carbons (Fsp3) is 0.474. The van der Waals surface area contributed by atoms with E-state index in [1.807, 2.05) is 31.3 Å². The molecule has 1 amide bonds. The van der Waals surface area contributed by atoms with E-state index < -0.39 is 0 Å². The predicted octanol–water partition coefficient (Wildman–Crippen LogP) is 2.50. The normalized spacial score (nSPS) is 20.3. The molecule has 1 aromatic carbocycles. The van der Waals surface area contributed by atoms with Crippen molar-refractivity contribution in [2.45, 2.75) is 31.7 Å². The number of methoxy groups -OCH3 is 1. The Bertz CT molecular complexity index is 703. The van der Waals surface area contributed by atoms with E-state index >= 15 is 0 Å². The highest BCUT2D eigenvalue weighted by molar-refractivity contribution is 5.92. The Balaban J connectivity index is 1.67. The number of carbonyl (C=O) groups is 1. The van der Waals surface area contributed by atoms with Crippen molar-refractivity contribution >= 4 is 5.91 Å². The zero-order valence-corrected chi connectivity index (χ0v) is 14.8. The van der Waals surface area contributed by atoms with Crippen LogP contribution in [0.2, 0.25) is 0 Å². The molecule has 0 aliphatic heterocycles. The van der Waals surface area contributed by atoms with Crippen LogP contribution in [0.15, 0.2) is 36.5 Å². The molecule has 0 radical (unpaired) electrons. The third kappa shape index (κ3) is 3.85. The van der Waals surface area contributed by atoms with E-state index in [0.29, 0.717) is 11.6 Å². The Morgan fingerprint density at radius 3 is 2.52 bits per heavy atom. The van der Waals surface area contributed by atoms with Crippen LogP contribution in [0, 0.1) is 5.92 Å². The zero-order chi connectivity index (χ0) is 17.8. The topological polar surface area (TPSA) is 67.6 Å². The third-order valence-electron chi connectivity index (χ3n) is 5.09. The first-order chi connectivity index (χ1) is 12.1. The Labute approximate surface area is 148 Å². The van der Waals surface area contributed by atoms with Gasteiger partial charge in [-0.1, -0.05) is 0 Å². The molecule has 1 fully saturated rings. The summed E-state index contributed by atoms with van der Waals surface area (Å²) in [6.07, 6.45) is 5.61. The van der Waals surface area contributed by atoms with Crippen molar-refractivity contribution in [3.8, 4) is 11.4 Å². The molecular formula is C19H25N3O3. The number of ether oxygens (including phenoxy) is 1. The molecule has 0 atom stereocenters. The second kappa shape index (κ2) is 7.70. The summed E-state index contributed by atoms with van der Waals surface area (Å²) in [4.78, 5) is 14.5. The molecule has 0 spiro atoms. The van der Waals surface area contributed by atoms with Crippen LogP contribution in [0.1, 0.15) is 36.2 Å². The van der Waals surface area contributed by atoms with E-state index in [4.69, 9.17) is 4.74 Å². The van der Waals surface area contributed by atoms with Gasteiger partial charge in [-0.05, 0) is 61.9 Å². The van der Waals surface area contributed by atoms with Gasteiger partial charge in [-0.2, -0.15) is 5.10 Å². The largest absolute Gasteiger partial charge is 0.497 e. The van der Waals surface area contributed by atoms with Gasteiger partial charge in [0.2, 0.25) is 0 Å². The number of carbonyl (C=O) groups excluding carboxylic acids is 1. The zero-order valence-electron chi connectivity index (χ0n) is 14.8. The van der Waals surface area contributed by atoms with Crippen LogP contribution in [0.25, 0.3) is 5.69 Å². The predicted molar refractivity (Wildman–Crippen MR) is 95.0 cm³/mol. The lowest BCUT2D eigenvalue weighted by Gasteiger charge is -2.33. The van der Waals surface area contributed by atoms with Crippen LogP contribution in [0.3, 0.4) is 0 Å². The summed E-state index contributed by atoms with van der Waals surface area (Å²) >= 11 is 0. The highest BCUT2D eigenvalue weighted by atomic mass is 16.5. The van der Waals surface area contributed by atoms with Gasteiger partial charge in [0.25, 0.3) is 5.91 Å². The third-order valence-corrected chi connectivity index (χ3v) is 5.09. The molecule has 0 unspecified atom stereocenters. The molecule has 0 saturated heterocycles. The minimum atomic E-state index is -0.0558. The molecule has 1 aromatic heterocycles. The van der Waals surface area contributed by atoms with Gasteiger partial charge < -0.3 is 14.7 Å². The van der Waals surface area contributed by atoms with E-state index in [0.717, 1.165) is 37.1 Å². The summed E-state index contributed by atoms with van der Waals surface area (Å²) in [5.41, 5.74) is 1.33. The van der Waals surface area contributed by atoms with E-state index in [9.17, 15) is 9.90 Å². The summed E-state index contributed by atoms with van der Waals surface area (Å²) in [6.45, 7) is 0.247. The van der Waals surface area contributed by atoms with Crippen LogP contribution >= 0.6 is 0 Å². The van der Waals surface area contributed by atoms with Crippen LogP contribution in [-0.2, 0) is 0 Å². The average Bonchev–Trinajstić information content (AvgIpc) is 3.17. The summed E-state index contributed by atoms with van der Waals surface area (Å²) in [5.74, 6) is 1.11. The van der Waals surface area contributed by atoms with Gasteiger partial charge >= 0.3 is 0 Å². The summed E-state index contributed by atoms with van der Waals surface area (Å²) in [7, 11) is 3.47. The number of aliphatic hydroxyl groups is 1. The minimum Gasteiger partial charge on any atom is -0.497 e. The molecule has 2 aromatic rings. The fourth-order valence-electron chi connectivity index (χ4n) is 3.38. The SMILES string of the molecule is COc1ccc(-n2ccc(C(=O)N(C)C3CCC(CO)CC3)n2)cc1. The van der Waals surface area contributed by atoms with E-state index in [1.54, 1.807) is 29.0 Å². The van der Waals surface area contributed by atoms with Gasteiger partial charge in [0.1, 0.15) is 5.75 Å². The monoisotopic (exact) mass is 343 g/mol. The fourth-order valence-corrected chi connectivity index (χ4v) is 3.38. The lowest BCUT2D eigenvalue weighted by atomic mass is 9.86. The minimum absolute atomic E-state index is 0.0558. The van der Waals surface area contributed by atoms with Crippen molar-refractivity contribution in [2.75, 3.05) is 20.8 Å². The molecule has 1 saturated carbocycles. The lowest BCUT2D eigenvalue weighted by molar-refractivity contribution is 0.0646. The highest BCUT2D eigenvalue weighted by Gasteiger charge is 2.27. The quantitative estimate of drug-likeness (QED) is 0.906. The summed E-state index contributed by atoms with van der Waals surface area (Å²) in [6, 6.07) is 9.51. The highest BCUT2D eigenvalue weighted by Crippen LogP contribution is 2.27. The number of benzene rings is 1. The molecule has 6 heteroatoms. The smallest absolute Gasteiger partial charge is 0.274 e. The number of amides is 1. The second-order valence-corrected chi connectivity index (χ2v) is 6.62. The number of aromatic nitrogens is 2. The molecule has 6 nitrogen and oxygen atoms in total. The van der Waals surface area contributed by atoms with Crippen LogP contribution in [0.4, 0.5) is 0 Å². The Kier molecular flexibility index (Phi) is 5.38. The van der Waals surface area contributed by atoms with Crippen LogP contribution < -0.4 is 4.74 Å². The van der Waals surface area contributed by atoms with Gasteiger partial charge in [0.15, 0.2) is 5.69 Å². The maximum atomic E-state index is 12.7. The van der Waals surface area contributed by atoms with E-state index in [-0.39, 0.29) is 18.6 Å². The summed E-state index contributed by atoms with van der Waals surface area (Å²) < 4.78 is 6.85. The molecule has 1 heterocycles. The van der Waals surface area contributed by atoms with E-state index in [2.05, 4.69) is 5.10 Å².